The van der Waals surface area contributed by atoms with Crippen LogP contribution in [0.2, 0.25) is 0 Å². The summed E-state index contributed by atoms with van der Waals surface area (Å²) in [6, 6.07) is 31.5. The van der Waals surface area contributed by atoms with Gasteiger partial charge in [-0.2, -0.15) is 5.26 Å². The van der Waals surface area contributed by atoms with Gasteiger partial charge in [0.1, 0.15) is 16.8 Å². The second-order valence-electron chi connectivity index (χ2n) is 8.57. The Hall–Kier alpha value is -4.45. The van der Waals surface area contributed by atoms with Crippen LogP contribution in [0.25, 0.3) is 33.6 Å². The number of amides is 1. The molecule has 6 nitrogen and oxygen atoms in total. The van der Waals surface area contributed by atoms with Crippen molar-refractivity contribution in [3.05, 3.63) is 102 Å². The molecule has 0 aliphatic rings. The Morgan fingerprint density at radius 3 is 2.28 bits per heavy atom. The molecule has 0 saturated carbocycles. The number of pyridine rings is 1. The summed E-state index contributed by atoms with van der Waals surface area (Å²) in [4.78, 5) is 22.6. The van der Waals surface area contributed by atoms with Crippen molar-refractivity contribution in [2.75, 3.05) is 12.4 Å². The number of nitrogens with one attached hydrogen (secondary N) is 1. The number of methoxy groups -OCH3 is 1. The SMILES string of the molecule is COc1ccccc1-c1csc(NC(=O)C(C)Sc2nc(-c3ccccc3)cc(-c3ccccc3)c2C#N)n1. The van der Waals surface area contributed by atoms with Crippen molar-refractivity contribution in [1.29, 1.82) is 5.26 Å². The fourth-order valence-corrected chi connectivity index (χ4v) is 5.70. The molecule has 0 saturated heterocycles. The van der Waals surface area contributed by atoms with Crippen LogP contribution in [-0.2, 0) is 4.79 Å². The number of carbonyl (C=O) groups excluding carboxylic acids is 1. The van der Waals surface area contributed by atoms with Crippen LogP contribution in [0, 0.1) is 11.3 Å². The molecule has 1 amide bonds. The van der Waals surface area contributed by atoms with Crippen LogP contribution in [0.1, 0.15) is 12.5 Å². The number of hydrogen-bond donors (Lipinski definition) is 1. The van der Waals surface area contributed by atoms with Crippen molar-refractivity contribution in [3.8, 4) is 45.5 Å². The van der Waals surface area contributed by atoms with E-state index in [1.165, 1.54) is 23.1 Å². The molecule has 0 fully saturated rings. The molecule has 0 aliphatic carbocycles. The van der Waals surface area contributed by atoms with E-state index in [0.717, 1.165) is 33.6 Å². The van der Waals surface area contributed by atoms with E-state index in [2.05, 4.69) is 16.4 Å². The lowest BCUT2D eigenvalue weighted by molar-refractivity contribution is -0.115. The number of ether oxygens (including phenoxy) is 1. The van der Waals surface area contributed by atoms with Crippen molar-refractivity contribution in [2.45, 2.75) is 17.2 Å². The van der Waals surface area contributed by atoms with Gasteiger partial charge in [-0.25, -0.2) is 9.97 Å². The summed E-state index contributed by atoms with van der Waals surface area (Å²) < 4.78 is 5.44. The fraction of sp³-hybridized carbons (Fsp3) is 0.0968. The van der Waals surface area contributed by atoms with Gasteiger partial charge < -0.3 is 10.1 Å². The Labute approximate surface area is 235 Å². The molecule has 39 heavy (non-hydrogen) atoms. The van der Waals surface area contributed by atoms with E-state index >= 15 is 0 Å². The van der Waals surface area contributed by atoms with Crippen molar-refractivity contribution >= 4 is 34.1 Å². The summed E-state index contributed by atoms with van der Waals surface area (Å²) in [6.45, 7) is 1.80. The zero-order chi connectivity index (χ0) is 27.2. The Balaban J connectivity index is 1.42. The van der Waals surface area contributed by atoms with Gasteiger partial charge in [0, 0.05) is 22.1 Å². The number of anilines is 1. The molecule has 5 aromatic rings. The van der Waals surface area contributed by atoms with Gasteiger partial charge in [0.05, 0.1) is 29.3 Å². The number of aromatic nitrogens is 2. The Morgan fingerprint density at radius 1 is 0.923 bits per heavy atom. The summed E-state index contributed by atoms with van der Waals surface area (Å²) in [7, 11) is 1.62. The summed E-state index contributed by atoms with van der Waals surface area (Å²) in [5.74, 6) is 0.491. The highest BCUT2D eigenvalue weighted by molar-refractivity contribution is 8.00. The van der Waals surface area contributed by atoms with Crippen LogP contribution in [0.5, 0.6) is 5.75 Å². The highest BCUT2D eigenvalue weighted by Crippen LogP contribution is 2.36. The monoisotopic (exact) mass is 548 g/mol. The molecule has 2 heterocycles. The molecule has 5 rings (SSSR count). The smallest absolute Gasteiger partial charge is 0.239 e. The summed E-state index contributed by atoms with van der Waals surface area (Å²) in [5, 5.41) is 15.4. The number of nitrogens with zero attached hydrogens (tertiary/aromatic N) is 3. The Morgan fingerprint density at radius 2 is 1.59 bits per heavy atom. The number of nitriles is 1. The van der Waals surface area contributed by atoms with Gasteiger partial charge in [-0.1, -0.05) is 84.6 Å². The van der Waals surface area contributed by atoms with Gasteiger partial charge in [-0.3, -0.25) is 4.79 Å². The van der Waals surface area contributed by atoms with E-state index in [1.54, 1.807) is 14.0 Å². The molecular formula is C31H24N4O2S2. The fourth-order valence-electron chi connectivity index (χ4n) is 4.06. The standard InChI is InChI=1S/C31H24N4O2S2/c1-20(29(36)35-31-34-27(19-38-31)23-15-9-10-16-28(23)37-2)39-30-25(18-32)24(21-11-5-3-6-12-21)17-26(33-30)22-13-7-4-8-14-22/h3-17,19-20H,1-2H3,(H,34,35,36). The van der Waals surface area contributed by atoms with Crippen molar-refractivity contribution in [2.24, 2.45) is 0 Å². The van der Waals surface area contributed by atoms with Crippen LogP contribution in [0.3, 0.4) is 0 Å². The summed E-state index contributed by atoms with van der Waals surface area (Å²) in [6.07, 6.45) is 0. The van der Waals surface area contributed by atoms with E-state index in [1.807, 2.05) is 96.4 Å². The lowest BCUT2D eigenvalue weighted by Crippen LogP contribution is -2.22. The molecule has 1 atom stereocenters. The van der Waals surface area contributed by atoms with Crippen molar-refractivity contribution in [1.82, 2.24) is 9.97 Å². The van der Waals surface area contributed by atoms with Crippen LogP contribution in [0.4, 0.5) is 5.13 Å². The van der Waals surface area contributed by atoms with Gasteiger partial charge in [-0.05, 0) is 30.7 Å². The molecule has 2 aromatic heterocycles. The van der Waals surface area contributed by atoms with Crippen molar-refractivity contribution < 1.29 is 9.53 Å². The molecule has 0 spiro atoms. The van der Waals surface area contributed by atoms with E-state index in [9.17, 15) is 10.1 Å². The third-order valence-corrected chi connectivity index (χ3v) is 7.87. The summed E-state index contributed by atoms with van der Waals surface area (Å²) >= 11 is 2.61. The maximum absolute atomic E-state index is 13.2. The molecule has 0 radical (unpaired) electrons. The lowest BCUT2D eigenvalue weighted by Gasteiger charge is -2.15. The topological polar surface area (TPSA) is 87.9 Å². The molecule has 3 aromatic carbocycles. The predicted molar refractivity (Wildman–Crippen MR) is 158 cm³/mol. The number of rotatable bonds is 8. The second-order valence-corrected chi connectivity index (χ2v) is 10.8. The largest absolute Gasteiger partial charge is 0.496 e. The van der Waals surface area contributed by atoms with Gasteiger partial charge >= 0.3 is 0 Å². The maximum atomic E-state index is 13.2. The predicted octanol–water partition coefficient (Wildman–Crippen LogP) is 7.54. The number of para-hydroxylation sites is 1. The zero-order valence-corrected chi connectivity index (χ0v) is 22.9. The second kappa shape index (κ2) is 11.9. The first-order chi connectivity index (χ1) is 19.1. The first-order valence-electron chi connectivity index (χ1n) is 12.2. The highest BCUT2D eigenvalue weighted by atomic mass is 32.2. The number of benzene rings is 3. The molecule has 0 aliphatic heterocycles. The first kappa shape index (κ1) is 26.2. The number of hydrogen-bond acceptors (Lipinski definition) is 7. The Kier molecular flexibility index (Phi) is 8.02. The minimum Gasteiger partial charge on any atom is -0.496 e. The molecule has 1 N–H and O–H groups in total. The zero-order valence-electron chi connectivity index (χ0n) is 21.3. The number of thioether (sulfide) groups is 1. The minimum absolute atomic E-state index is 0.224. The van der Waals surface area contributed by atoms with Gasteiger partial charge in [0.25, 0.3) is 0 Å². The molecule has 1 unspecified atom stereocenters. The van der Waals surface area contributed by atoms with Crippen molar-refractivity contribution in [3.63, 3.8) is 0 Å². The van der Waals surface area contributed by atoms with E-state index in [-0.39, 0.29) is 5.91 Å². The van der Waals surface area contributed by atoms with Gasteiger partial charge in [0.2, 0.25) is 5.91 Å². The first-order valence-corrected chi connectivity index (χ1v) is 14.0. The normalized spacial score (nSPS) is 11.4. The maximum Gasteiger partial charge on any atom is 0.239 e. The third-order valence-electron chi connectivity index (χ3n) is 6.03. The van der Waals surface area contributed by atoms with E-state index < -0.39 is 5.25 Å². The van der Waals surface area contributed by atoms with Gasteiger partial charge in [-0.15, -0.1) is 11.3 Å². The van der Waals surface area contributed by atoms with Gasteiger partial charge in [0.15, 0.2) is 5.13 Å². The quantitative estimate of drug-likeness (QED) is 0.202. The van der Waals surface area contributed by atoms with Crippen LogP contribution >= 0.6 is 23.1 Å². The molecule has 0 bridgehead atoms. The molecule has 192 valence electrons. The molecular weight excluding hydrogens is 525 g/mol. The van der Waals surface area contributed by atoms with E-state index in [0.29, 0.717) is 21.5 Å². The third kappa shape index (κ3) is 5.85. The minimum atomic E-state index is -0.530. The lowest BCUT2D eigenvalue weighted by atomic mass is 9.99. The van der Waals surface area contributed by atoms with E-state index in [4.69, 9.17) is 9.72 Å². The Bertz CT molecular complexity index is 1650. The number of carbonyl (C=O) groups is 1. The highest BCUT2D eigenvalue weighted by Gasteiger charge is 2.22. The average Bonchev–Trinajstić information content (AvgIpc) is 3.45. The van der Waals surface area contributed by atoms with Crippen LogP contribution in [-0.4, -0.2) is 28.2 Å². The summed E-state index contributed by atoms with van der Waals surface area (Å²) in [5.41, 5.74) is 5.40. The van der Waals surface area contributed by atoms with Crippen LogP contribution in [0.15, 0.2) is 101 Å². The van der Waals surface area contributed by atoms with Crippen LogP contribution < -0.4 is 10.1 Å². The molecule has 8 heteroatoms. The number of thiazole rings is 1. The average molecular weight is 549 g/mol.